The Morgan fingerprint density at radius 3 is 2.53 bits per heavy atom. The maximum absolute atomic E-state index is 12.3. The quantitative estimate of drug-likeness (QED) is 0.252. The molecule has 170 valence electrons. The van der Waals surface area contributed by atoms with Gasteiger partial charge in [0.1, 0.15) is 17.7 Å². The largest absolute Gasteiger partial charge is 0.480 e. The number of aromatic nitrogens is 3. The second kappa shape index (κ2) is 11.8. The standard InChI is InChI=1S/C20H23N5O4.CH3OP/c1-2-3-14(19(28)29)23-17(26)12-7-4-11(5-8-12)6-9-13-10-22-16-15(13)18(27)25-20(21)24-16;2-1-3/h4-5,7-8,10,14H,2-3,6,9H2,1H3,(H,23,26)(H,28,29)(H4,21,22,24,25,27);1H,3H2/t14-;/m0./s1. The Balaban J connectivity index is 0.00000114. The zero-order valence-electron chi connectivity index (χ0n) is 17.6. The fourth-order valence-electron chi connectivity index (χ4n) is 3.21. The van der Waals surface area contributed by atoms with Crippen molar-refractivity contribution < 1.29 is 19.5 Å². The second-order valence-electron chi connectivity index (χ2n) is 6.97. The molecule has 3 rings (SSSR count). The number of nitrogens with zero attached hydrogens (tertiary/aromatic N) is 1. The SMILES string of the molecule is CCC[C@H](NC(=O)c1ccc(CCc2c[nH]c3nc(N)[nH]c(=O)c23)cc1)C(=O)O.O=CP. The fraction of sp³-hybridized carbons (Fsp3) is 0.286. The number of carbonyl (C=O) groups is 3. The lowest BCUT2D eigenvalue weighted by Gasteiger charge is -2.13. The van der Waals surface area contributed by atoms with E-state index in [9.17, 15) is 14.4 Å². The summed E-state index contributed by atoms with van der Waals surface area (Å²) >= 11 is 0. The number of carbonyl (C=O) groups excluding carboxylic acids is 2. The lowest BCUT2D eigenvalue weighted by Crippen LogP contribution is -2.40. The van der Waals surface area contributed by atoms with E-state index in [-0.39, 0.29) is 11.5 Å². The molecular formula is C21H26N5O5P. The third-order valence-corrected chi connectivity index (χ3v) is 4.72. The maximum atomic E-state index is 12.3. The van der Waals surface area contributed by atoms with Crippen molar-refractivity contribution in [3.63, 3.8) is 0 Å². The molecule has 2 heterocycles. The average Bonchev–Trinajstić information content (AvgIpc) is 3.15. The summed E-state index contributed by atoms with van der Waals surface area (Å²) in [6, 6.07) is 6.74. The summed E-state index contributed by atoms with van der Waals surface area (Å²) < 4.78 is 0. The molecule has 10 nitrogen and oxygen atoms in total. The number of aliphatic carboxylic acids is 1. The Bertz CT molecular complexity index is 1140. The van der Waals surface area contributed by atoms with Gasteiger partial charge in [-0.25, -0.2) is 4.79 Å². The summed E-state index contributed by atoms with van der Waals surface area (Å²) in [5.41, 5.74) is 7.94. The maximum Gasteiger partial charge on any atom is 0.326 e. The number of aromatic amines is 2. The highest BCUT2D eigenvalue weighted by Crippen LogP contribution is 2.16. The van der Waals surface area contributed by atoms with Crippen LogP contribution in [0.4, 0.5) is 5.95 Å². The molecule has 0 aliphatic carbocycles. The highest BCUT2D eigenvalue weighted by molar-refractivity contribution is 7.36. The van der Waals surface area contributed by atoms with Crippen molar-refractivity contribution in [3.05, 3.63) is 57.5 Å². The molecule has 0 fully saturated rings. The van der Waals surface area contributed by atoms with Gasteiger partial charge in [0.05, 0.1) is 5.39 Å². The topological polar surface area (TPSA) is 171 Å². The van der Waals surface area contributed by atoms with Gasteiger partial charge in [-0.05, 0) is 42.5 Å². The van der Waals surface area contributed by atoms with Gasteiger partial charge in [0.15, 0.2) is 0 Å². The predicted molar refractivity (Wildman–Crippen MR) is 125 cm³/mol. The first kappa shape index (κ1) is 24.7. The van der Waals surface area contributed by atoms with E-state index in [2.05, 4.69) is 20.3 Å². The third kappa shape index (κ3) is 6.49. The van der Waals surface area contributed by atoms with Gasteiger partial charge in [0.25, 0.3) is 11.5 Å². The van der Waals surface area contributed by atoms with E-state index >= 15 is 0 Å². The number of H-pyrrole nitrogens is 2. The number of carboxylic acids is 1. The lowest BCUT2D eigenvalue weighted by atomic mass is 10.0. The van der Waals surface area contributed by atoms with Gasteiger partial charge in [-0.2, -0.15) is 4.98 Å². The van der Waals surface area contributed by atoms with Crippen LogP contribution in [-0.2, 0) is 22.4 Å². The molecule has 0 bridgehead atoms. The van der Waals surface area contributed by atoms with Gasteiger partial charge in [0.2, 0.25) is 5.95 Å². The van der Waals surface area contributed by atoms with Gasteiger partial charge in [0, 0.05) is 11.8 Å². The van der Waals surface area contributed by atoms with Crippen LogP contribution in [0.5, 0.6) is 0 Å². The zero-order valence-corrected chi connectivity index (χ0v) is 18.7. The third-order valence-electron chi connectivity index (χ3n) is 4.72. The molecule has 0 saturated carbocycles. The molecule has 3 aromatic rings. The summed E-state index contributed by atoms with van der Waals surface area (Å²) in [5, 5.41) is 12.2. The van der Waals surface area contributed by atoms with Crippen molar-refractivity contribution in [3.8, 4) is 0 Å². The molecule has 0 saturated heterocycles. The first-order valence-electron chi connectivity index (χ1n) is 9.94. The number of carboxylic acid groups (broad SMARTS) is 1. The highest BCUT2D eigenvalue weighted by atomic mass is 31.0. The summed E-state index contributed by atoms with van der Waals surface area (Å²) in [6.07, 6.45) is 4.05. The number of aryl methyl sites for hydroxylation is 2. The Kier molecular flexibility index (Phi) is 9.09. The van der Waals surface area contributed by atoms with Crippen LogP contribution in [0.15, 0.2) is 35.3 Å². The molecule has 2 aromatic heterocycles. The van der Waals surface area contributed by atoms with Crippen LogP contribution in [0.25, 0.3) is 11.0 Å². The molecule has 0 aliphatic rings. The van der Waals surface area contributed by atoms with Crippen molar-refractivity contribution in [2.45, 2.75) is 38.6 Å². The van der Waals surface area contributed by atoms with Gasteiger partial charge >= 0.3 is 5.97 Å². The molecule has 32 heavy (non-hydrogen) atoms. The molecule has 1 amide bonds. The normalized spacial score (nSPS) is 11.3. The second-order valence-corrected chi connectivity index (χ2v) is 7.25. The molecule has 2 atom stereocenters. The fourth-order valence-corrected chi connectivity index (χ4v) is 3.21. The van der Waals surface area contributed by atoms with E-state index in [0.717, 1.165) is 11.1 Å². The van der Waals surface area contributed by atoms with Crippen LogP contribution in [0.3, 0.4) is 0 Å². The predicted octanol–water partition coefficient (Wildman–Crippen LogP) is 1.65. The van der Waals surface area contributed by atoms with E-state index in [4.69, 9.17) is 15.6 Å². The molecule has 11 heteroatoms. The molecule has 1 aromatic carbocycles. The highest BCUT2D eigenvalue weighted by Gasteiger charge is 2.19. The molecule has 0 radical (unpaired) electrons. The molecule has 1 unspecified atom stereocenters. The number of hydrogen-bond acceptors (Lipinski definition) is 6. The minimum atomic E-state index is -1.04. The monoisotopic (exact) mass is 459 g/mol. The van der Waals surface area contributed by atoms with Crippen LogP contribution < -0.4 is 16.6 Å². The van der Waals surface area contributed by atoms with Gasteiger partial charge < -0.3 is 21.1 Å². The minimum Gasteiger partial charge on any atom is -0.480 e. The number of hydrogen-bond donors (Lipinski definition) is 5. The van der Waals surface area contributed by atoms with Crippen LogP contribution in [-0.4, -0.2) is 44.0 Å². The van der Waals surface area contributed by atoms with Crippen molar-refractivity contribution in [1.29, 1.82) is 0 Å². The zero-order chi connectivity index (χ0) is 23.7. The van der Waals surface area contributed by atoms with Gasteiger partial charge in [-0.1, -0.05) is 34.7 Å². The van der Waals surface area contributed by atoms with Gasteiger partial charge in [-0.15, -0.1) is 0 Å². The van der Waals surface area contributed by atoms with Crippen LogP contribution in [0, 0.1) is 0 Å². The number of amides is 1. The summed E-state index contributed by atoms with van der Waals surface area (Å²) in [6.45, 7) is 1.86. The minimum absolute atomic E-state index is 0.0637. The smallest absolute Gasteiger partial charge is 0.326 e. The number of nitrogen functional groups attached to an aromatic ring is 1. The number of nitrogens with two attached hydrogens (primary N) is 1. The van der Waals surface area contributed by atoms with E-state index < -0.39 is 17.9 Å². The van der Waals surface area contributed by atoms with Crippen LogP contribution in [0.2, 0.25) is 0 Å². The molecule has 0 aliphatic heterocycles. The molecule has 6 N–H and O–H groups in total. The van der Waals surface area contributed by atoms with Crippen LogP contribution >= 0.6 is 9.24 Å². The van der Waals surface area contributed by atoms with Crippen molar-refractivity contribution >= 4 is 44.1 Å². The Morgan fingerprint density at radius 2 is 1.94 bits per heavy atom. The van der Waals surface area contributed by atoms with Gasteiger partial charge in [-0.3, -0.25) is 19.4 Å². The Morgan fingerprint density at radius 1 is 1.28 bits per heavy atom. The average molecular weight is 459 g/mol. The van der Waals surface area contributed by atoms with E-state index in [1.807, 2.05) is 28.3 Å². The summed E-state index contributed by atoms with van der Waals surface area (Å²) in [7, 11) is 1.90. The van der Waals surface area contributed by atoms with Crippen molar-refractivity contribution in [2.75, 3.05) is 5.73 Å². The van der Waals surface area contributed by atoms with E-state index in [0.29, 0.717) is 48.3 Å². The summed E-state index contributed by atoms with van der Waals surface area (Å²) in [4.78, 5) is 53.9. The van der Waals surface area contributed by atoms with E-state index in [1.54, 1.807) is 18.3 Å². The summed E-state index contributed by atoms with van der Waals surface area (Å²) in [5.74, 6) is -1.39. The number of benzene rings is 1. The van der Waals surface area contributed by atoms with Crippen LogP contribution in [0.1, 0.15) is 41.3 Å². The number of anilines is 1. The lowest BCUT2D eigenvalue weighted by molar-refractivity contribution is -0.139. The van der Waals surface area contributed by atoms with Crippen molar-refractivity contribution in [2.24, 2.45) is 0 Å². The first-order chi connectivity index (χ1) is 15.3. The van der Waals surface area contributed by atoms with Crippen molar-refractivity contribution in [1.82, 2.24) is 20.3 Å². The first-order valence-corrected chi connectivity index (χ1v) is 10.6. The number of nitrogens with one attached hydrogen (secondary N) is 3. The van der Waals surface area contributed by atoms with E-state index in [1.165, 1.54) is 0 Å². The number of fused-ring (bicyclic) bond motifs is 1. The Labute approximate surface area is 186 Å². The molecule has 0 spiro atoms. The molecular weight excluding hydrogens is 433 g/mol. The number of rotatable bonds is 8. The Hall–Kier alpha value is -3.52.